The van der Waals surface area contributed by atoms with Gasteiger partial charge >= 0.3 is 0 Å². The monoisotopic (exact) mass is 279 g/mol. The van der Waals surface area contributed by atoms with Crippen molar-refractivity contribution in [1.29, 1.82) is 0 Å². The van der Waals surface area contributed by atoms with E-state index < -0.39 is 0 Å². The molecule has 0 N–H and O–H groups in total. The van der Waals surface area contributed by atoms with Gasteiger partial charge in [-0.15, -0.1) is 0 Å². The summed E-state index contributed by atoms with van der Waals surface area (Å²) < 4.78 is 2.19. The summed E-state index contributed by atoms with van der Waals surface area (Å²) in [6.07, 6.45) is 13.8. The van der Waals surface area contributed by atoms with Crippen molar-refractivity contribution in [2.75, 3.05) is 19.0 Å². The SMILES string of the molecule is CN(C)c1ccc(C=CC=CCC[n+]2ccccc2)cc1. The number of benzene rings is 1. The first kappa shape index (κ1) is 15.0. The molecule has 0 unspecified atom stereocenters. The van der Waals surface area contributed by atoms with Crippen LogP contribution in [0.15, 0.2) is 73.1 Å². The molecular weight excluding hydrogens is 256 g/mol. The van der Waals surface area contributed by atoms with E-state index in [0.29, 0.717) is 0 Å². The van der Waals surface area contributed by atoms with Crippen molar-refractivity contribution in [2.45, 2.75) is 13.0 Å². The lowest BCUT2D eigenvalue weighted by Gasteiger charge is -2.11. The van der Waals surface area contributed by atoms with E-state index in [-0.39, 0.29) is 0 Å². The van der Waals surface area contributed by atoms with Crippen LogP contribution in [0, 0.1) is 0 Å². The van der Waals surface area contributed by atoms with Gasteiger partial charge < -0.3 is 4.90 Å². The second kappa shape index (κ2) is 8.05. The molecule has 108 valence electrons. The smallest absolute Gasteiger partial charge is 0.168 e. The molecule has 1 aromatic carbocycles. The van der Waals surface area contributed by atoms with Crippen LogP contribution in [-0.4, -0.2) is 14.1 Å². The van der Waals surface area contributed by atoms with E-state index in [1.165, 1.54) is 11.3 Å². The summed E-state index contributed by atoms with van der Waals surface area (Å²) in [5.41, 5.74) is 2.45. The van der Waals surface area contributed by atoms with Crippen LogP contribution in [0.5, 0.6) is 0 Å². The summed E-state index contributed by atoms with van der Waals surface area (Å²) in [7, 11) is 4.11. The maximum absolute atomic E-state index is 2.20. The van der Waals surface area contributed by atoms with Gasteiger partial charge in [0.25, 0.3) is 0 Å². The number of aryl methyl sites for hydroxylation is 1. The molecule has 2 heteroatoms. The molecule has 0 aliphatic heterocycles. The van der Waals surface area contributed by atoms with Gasteiger partial charge in [0.1, 0.15) is 0 Å². The molecule has 0 spiro atoms. The fraction of sp³-hybridized carbons (Fsp3) is 0.211. The Labute approximate surface area is 127 Å². The molecule has 1 aromatic heterocycles. The van der Waals surface area contributed by atoms with Gasteiger partial charge in [-0.1, -0.05) is 42.5 Å². The van der Waals surface area contributed by atoms with Gasteiger partial charge in [0.2, 0.25) is 0 Å². The Balaban J connectivity index is 1.78. The lowest BCUT2D eigenvalue weighted by molar-refractivity contribution is -0.696. The molecule has 0 aliphatic carbocycles. The summed E-state index contributed by atoms with van der Waals surface area (Å²) in [5.74, 6) is 0. The first-order chi connectivity index (χ1) is 10.3. The zero-order chi connectivity index (χ0) is 14.9. The third-order valence-corrected chi connectivity index (χ3v) is 3.28. The summed E-state index contributed by atoms with van der Waals surface area (Å²) in [5, 5.41) is 0. The molecule has 1 heterocycles. The van der Waals surface area contributed by atoms with E-state index in [1.807, 2.05) is 6.07 Å². The Hall–Kier alpha value is -2.35. The molecule has 0 fully saturated rings. The molecule has 0 saturated carbocycles. The molecule has 0 aliphatic rings. The molecule has 0 saturated heterocycles. The van der Waals surface area contributed by atoms with E-state index >= 15 is 0 Å². The van der Waals surface area contributed by atoms with Gasteiger partial charge in [-0.3, -0.25) is 0 Å². The highest BCUT2D eigenvalue weighted by Gasteiger charge is 1.94. The van der Waals surface area contributed by atoms with Crippen molar-refractivity contribution in [2.24, 2.45) is 0 Å². The Morgan fingerprint density at radius 2 is 1.67 bits per heavy atom. The van der Waals surface area contributed by atoms with Crippen LogP contribution < -0.4 is 9.47 Å². The average molecular weight is 279 g/mol. The van der Waals surface area contributed by atoms with Gasteiger partial charge in [-0.05, 0) is 17.7 Å². The first-order valence-electron chi connectivity index (χ1n) is 7.30. The number of nitrogens with zero attached hydrogens (tertiary/aromatic N) is 2. The number of hydrogen-bond acceptors (Lipinski definition) is 1. The maximum Gasteiger partial charge on any atom is 0.168 e. The summed E-state index contributed by atoms with van der Waals surface area (Å²) in [6.45, 7) is 1.02. The van der Waals surface area contributed by atoms with Crippen LogP contribution in [0.2, 0.25) is 0 Å². The van der Waals surface area contributed by atoms with Crippen molar-refractivity contribution in [3.63, 3.8) is 0 Å². The number of hydrogen-bond donors (Lipinski definition) is 0. The van der Waals surface area contributed by atoms with Crippen molar-refractivity contribution < 1.29 is 4.57 Å². The standard InChI is InChI=1S/C19H23N2/c1-20(2)19-13-11-18(12-14-19)10-6-3-4-7-15-21-16-8-5-9-17-21/h3-6,8-14,16-17H,7,15H2,1-2H3/q+1. The topological polar surface area (TPSA) is 7.12 Å². The average Bonchev–Trinajstić information content (AvgIpc) is 2.52. The van der Waals surface area contributed by atoms with E-state index in [9.17, 15) is 0 Å². The molecule has 2 aromatic rings. The lowest BCUT2D eigenvalue weighted by atomic mass is 10.2. The van der Waals surface area contributed by atoms with Gasteiger partial charge in [0, 0.05) is 38.3 Å². The molecule has 0 bridgehead atoms. The third-order valence-electron chi connectivity index (χ3n) is 3.28. The van der Waals surface area contributed by atoms with Crippen molar-refractivity contribution in [3.8, 4) is 0 Å². The molecule has 2 nitrogen and oxygen atoms in total. The van der Waals surface area contributed by atoms with Crippen LogP contribution >= 0.6 is 0 Å². The Morgan fingerprint density at radius 1 is 0.952 bits per heavy atom. The number of pyridine rings is 1. The highest BCUT2D eigenvalue weighted by atomic mass is 15.1. The van der Waals surface area contributed by atoms with Crippen LogP contribution in [0.1, 0.15) is 12.0 Å². The predicted molar refractivity (Wildman–Crippen MR) is 90.2 cm³/mol. The minimum atomic E-state index is 1.02. The zero-order valence-corrected chi connectivity index (χ0v) is 12.8. The second-order valence-electron chi connectivity index (χ2n) is 5.18. The molecular formula is C19H23N2+. The summed E-state index contributed by atoms with van der Waals surface area (Å²) in [4.78, 5) is 2.11. The number of allylic oxidation sites excluding steroid dienone is 3. The first-order valence-corrected chi connectivity index (χ1v) is 7.30. The van der Waals surface area contributed by atoms with E-state index in [4.69, 9.17) is 0 Å². The van der Waals surface area contributed by atoms with Crippen LogP contribution in [0.4, 0.5) is 5.69 Å². The fourth-order valence-electron chi connectivity index (χ4n) is 2.03. The molecule has 0 atom stereocenters. The van der Waals surface area contributed by atoms with E-state index in [2.05, 4.69) is 96.7 Å². The van der Waals surface area contributed by atoms with Gasteiger partial charge in [-0.2, -0.15) is 0 Å². The Morgan fingerprint density at radius 3 is 2.33 bits per heavy atom. The van der Waals surface area contributed by atoms with Crippen LogP contribution in [0.3, 0.4) is 0 Å². The number of aromatic nitrogens is 1. The Bertz CT molecular complexity index is 581. The van der Waals surface area contributed by atoms with Gasteiger partial charge in [-0.25, -0.2) is 4.57 Å². The van der Waals surface area contributed by atoms with Gasteiger partial charge in [0.15, 0.2) is 18.9 Å². The Kier molecular flexibility index (Phi) is 5.77. The number of rotatable bonds is 6. The normalized spacial score (nSPS) is 11.3. The quantitative estimate of drug-likeness (QED) is 0.577. The minimum Gasteiger partial charge on any atom is -0.378 e. The summed E-state index contributed by atoms with van der Waals surface area (Å²) >= 11 is 0. The largest absolute Gasteiger partial charge is 0.378 e. The molecule has 2 rings (SSSR count). The minimum absolute atomic E-state index is 1.02. The third kappa shape index (κ3) is 5.27. The molecule has 0 radical (unpaired) electrons. The fourth-order valence-corrected chi connectivity index (χ4v) is 2.03. The second-order valence-corrected chi connectivity index (χ2v) is 5.18. The summed E-state index contributed by atoms with van der Waals surface area (Å²) in [6, 6.07) is 14.7. The lowest BCUT2D eigenvalue weighted by Crippen LogP contribution is -2.31. The molecule has 21 heavy (non-hydrogen) atoms. The number of anilines is 1. The van der Waals surface area contributed by atoms with Gasteiger partial charge in [0.05, 0.1) is 0 Å². The van der Waals surface area contributed by atoms with E-state index in [0.717, 1.165) is 13.0 Å². The van der Waals surface area contributed by atoms with Crippen LogP contribution in [-0.2, 0) is 6.54 Å². The molecule has 0 amide bonds. The van der Waals surface area contributed by atoms with Crippen LogP contribution in [0.25, 0.3) is 6.08 Å². The van der Waals surface area contributed by atoms with Crippen molar-refractivity contribution in [3.05, 3.63) is 78.6 Å². The highest BCUT2D eigenvalue weighted by Crippen LogP contribution is 2.13. The zero-order valence-electron chi connectivity index (χ0n) is 12.8. The maximum atomic E-state index is 2.20. The highest BCUT2D eigenvalue weighted by molar-refractivity contribution is 5.56. The van der Waals surface area contributed by atoms with E-state index in [1.54, 1.807) is 0 Å². The van der Waals surface area contributed by atoms with Crippen molar-refractivity contribution >= 4 is 11.8 Å². The van der Waals surface area contributed by atoms with Crippen molar-refractivity contribution in [1.82, 2.24) is 0 Å². The predicted octanol–water partition coefficient (Wildman–Crippen LogP) is 3.70.